The molecule has 35 heavy (non-hydrogen) atoms. The van der Waals surface area contributed by atoms with E-state index < -0.39 is 17.4 Å². The summed E-state index contributed by atoms with van der Waals surface area (Å²) in [7, 11) is 0. The monoisotopic (exact) mass is 484 g/mol. The van der Waals surface area contributed by atoms with Crippen LogP contribution in [0, 0.1) is 0 Å². The second-order valence-corrected chi connectivity index (χ2v) is 9.02. The Morgan fingerprint density at radius 2 is 1.91 bits per heavy atom. The van der Waals surface area contributed by atoms with Gasteiger partial charge in [0.15, 0.2) is 11.5 Å². The Hall–Kier alpha value is -3.43. The van der Waals surface area contributed by atoms with Crippen molar-refractivity contribution in [1.82, 2.24) is 5.16 Å². The number of aliphatic imine (C=N–C) groups is 1. The highest BCUT2D eigenvalue weighted by atomic mass is 19.4. The predicted molar refractivity (Wildman–Crippen MR) is 129 cm³/mol. The van der Waals surface area contributed by atoms with Crippen LogP contribution in [0.5, 0.6) is 0 Å². The molecule has 1 aliphatic rings. The van der Waals surface area contributed by atoms with Crippen LogP contribution in [0.4, 0.5) is 18.9 Å². The van der Waals surface area contributed by atoms with Gasteiger partial charge in [-0.25, -0.2) is 4.99 Å². The van der Waals surface area contributed by atoms with Gasteiger partial charge in [0, 0.05) is 22.9 Å². The number of aryl methyl sites for hydroxylation is 2. The van der Waals surface area contributed by atoms with E-state index in [1.807, 2.05) is 12.1 Å². The van der Waals surface area contributed by atoms with Gasteiger partial charge in [-0.15, -0.1) is 0 Å². The zero-order valence-corrected chi connectivity index (χ0v) is 19.3. The number of hydrogen-bond acceptors (Lipinski definition) is 6. The maximum Gasteiger partial charge on any atom is 0.434 e. The van der Waals surface area contributed by atoms with Gasteiger partial charge < -0.3 is 21.1 Å². The topological polar surface area (TPSA) is 111 Å². The maximum absolute atomic E-state index is 14.0. The fourth-order valence-electron chi connectivity index (χ4n) is 4.14. The molecule has 0 radical (unpaired) electrons. The van der Waals surface area contributed by atoms with E-state index in [-0.39, 0.29) is 23.6 Å². The average molecular weight is 485 g/mol. The fraction of sp³-hybridized carbons (Fsp3) is 0.308. The van der Waals surface area contributed by atoms with Crippen molar-refractivity contribution in [2.45, 2.75) is 44.3 Å². The van der Waals surface area contributed by atoms with Gasteiger partial charge in [-0.2, -0.15) is 13.2 Å². The summed E-state index contributed by atoms with van der Waals surface area (Å²) >= 11 is 0. The third kappa shape index (κ3) is 5.31. The average Bonchev–Trinajstić information content (AvgIpc) is 3.27. The third-order valence-corrected chi connectivity index (χ3v) is 6.14. The largest absolute Gasteiger partial charge is 0.434 e. The molecule has 0 saturated heterocycles. The molecule has 1 heterocycles. The summed E-state index contributed by atoms with van der Waals surface area (Å²) in [5, 5.41) is 13.5. The summed E-state index contributed by atoms with van der Waals surface area (Å²) in [6.07, 6.45) is -1.51. The van der Waals surface area contributed by atoms with Crippen LogP contribution in [-0.4, -0.2) is 34.3 Å². The normalized spacial score (nSPS) is 15.9. The lowest BCUT2D eigenvalue weighted by Gasteiger charge is -2.22. The first-order valence-electron chi connectivity index (χ1n) is 11.3. The number of aliphatic hydroxyl groups excluding tert-OH is 1. The molecule has 4 rings (SSSR count). The molecule has 5 N–H and O–H groups in total. The SMILES string of the molecule is CC(N)(CO)CCc1ccc2c(c1)CCc1c-2noc1C(=CN)C(=Nc1ccccc1)C(F)(F)F. The molecule has 1 aliphatic carbocycles. The van der Waals surface area contributed by atoms with E-state index in [1.54, 1.807) is 25.1 Å². The first-order valence-corrected chi connectivity index (χ1v) is 11.3. The Morgan fingerprint density at radius 1 is 1.17 bits per heavy atom. The molecule has 2 aromatic carbocycles. The zero-order valence-electron chi connectivity index (χ0n) is 19.3. The molecule has 0 spiro atoms. The fourth-order valence-corrected chi connectivity index (χ4v) is 4.14. The highest BCUT2D eigenvalue weighted by molar-refractivity contribution is 6.26. The Balaban J connectivity index is 1.69. The van der Waals surface area contributed by atoms with Crippen molar-refractivity contribution >= 4 is 17.0 Å². The molecule has 0 bridgehead atoms. The van der Waals surface area contributed by atoms with Crippen LogP contribution >= 0.6 is 0 Å². The maximum atomic E-state index is 14.0. The molecule has 184 valence electrons. The standard InChI is InChI=1S/C26H27F3N4O2/c1-25(31,15-34)12-11-16-7-9-19-17(13-16)8-10-20-22(19)33-35-23(20)21(14-30)24(26(27,28)29)32-18-5-3-2-4-6-18/h2-7,9,13-14,34H,8,10-12,15,30-31H2,1H3. The molecule has 6 nitrogen and oxygen atoms in total. The molecule has 0 aliphatic heterocycles. The van der Waals surface area contributed by atoms with Gasteiger partial charge in [0.25, 0.3) is 0 Å². The summed E-state index contributed by atoms with van der Waals surface area (Å²) in [5.74, 6) is -0.0222. The quantitative estimate of drug-likeness (QED) is 0.421. The molecule has 1 aromatic heterocycles. The van der Waals surface area contributed by atoms with Gasteiger partial charge in [-0.05, 0) is 55.9 Å². The summed E-state index contributed by atoms with van der Waals surface area (Å²) in [5.41, 5.74) is 13.7. The van der Waals surface area contributed by atoms with Crippen molar-refractivity contribution in [2.24, 2.45) is 16.5 Å². The van der Waals surface area contributed by atoms with E-state index in [0.29, 0.717) is 36.9 Å². The molecular weight excluding hydrogens is 457 g/mol. The Morgan fingerprint density at radius 3 is 2.57 bits per heavy atom. The molecule has 9 heteroatoms. The number of nitrogens with two attached hydrogens (primary N) is 2. The number of alkyl halides is 3. The molecular formula is C26H27F3N4O2. The molecule has 0 fully saturated rings. The smallest absolute Gasteiger partial charge is 0.404 e. The number of hydrogen-bond donors (Lipinski definition) is 3. The predicted octanol–water partition coefficient (Wildman–Crippen LogP) is 4.72. The van der Waals surface area contributed by atoms with Crippen LogP contribution < -0.4 is 11.5 Å². The number of aromatic nitrogens is 1. The van der Waals surface area contributed by atoms with E-state index >= 15 is 0 Å². The van der Waals surface area contributed by atoms with Crippen LogP contribution in [0.2, 0.25) is 0 Å². The van der Waals surface area contributed by atoms with Crippen molar-refractivity contribution < 1.29 is 22.8 Å². The van der Waals surface area contributed by atoms with E-state index in [4.69, 9.17) is 16.0 Å². The summed E-state index contributed by atoms with van der Waals surface area (Å²) < 4.78 is 47.5. The van der Waals surface area contributed by atoms with E-state index in [9.17, 15) is 18.3 Å². The van der Waals surface area contributed by atoms with E-state index in [0.717, 1.165) is 22.9 Å². The third-order valence-electron chi connectivity index (χ3n) is 6.14. The minimum atomic E-state index is -4.76. The second kappa shape index (κ2) is 9.67. The molecule has 0 saturated carbocycles. The lowest BCUT2D eigenvalue weighted by Crippen LogP contribution is -2.40. The lowest BCUT2D eigenvalue weighted by molar-refractivity contribution is -0.0571. The number of halogens is 3. The highest BCUT2D eigenvalue weighted by Crippen LogP contribution is 2.39. The minimum Gasteiger partial charge on any atom is -0.404 e. The van der Waals surface area contributed by atoms with Crippen molar-refractivity contribution in [3.05, 3.63) is 77.2 Å². The summed E-state index contributed by atoms with van der Waals surface area (Å²) in [4.78, 5) is 3.84. The van der Waals surface area contributed by atoms with Gasteiger partial charge in [0.05, 0.1) is 17.9 Å². The van der Waals surface area contributed by atoms with Gasteiger partial charge >= 0.3 is 6.18 Å². The lowest BCUT2D eigenvalue weighted by atomic mass is 9.85. The zero-order chi connectivity index (χ0) is 25.2. The number of para-hydroxylation sites is 1. The van der Waals surface area contributed by atoms with Gasteiger partial charge in [0.2, 0.25) is 0 Å². The number of benzene rings is 2. The van der Waals surface area contributed by atoms with E-state index in [1.165, 1.54) is 12.1 Å². The minimum absolute atomic E-state index is 0.0222. The number of allylic oxidation sites excluding steroid dienone is 1. The van der Waals surface area contributed by atoms with Crippen LogP contribution in [0.15, 0.2) is 64.2 Å². The number of rotatable bonds is 7. The Kier molecular flexibility index (Phi) is 6.82. The molecule has 3 aromatic rings. The molecule has 0 amide bonds. The summed E-state index contributed by atoms with van der Waals surface area (Å²) in [6, 6.07) is 13.8. The van der Waals surface area contributed by atoms with Crippen LogP contribution in [0.1, 0.15) is 35.8 Å². The highest BCUT2D eigenvalue weighted by Gasteiger charge is 2.41. The van der Waals surface area contributed by atoms with Gasteiger partial charge in [-0.1, -0.05) is 41.6 Å². The second-order valence-electron chi connectivity index (χ2n) is 9.02. The van der Waals surface area contributed by atoms with Crippen LogP contribution in [0.3, 0.4) is 0 Å². The first-order chi connectivity index (χ1) is 16.6. The number of aliphatic hydroxyl groups is 1. The Labute approximate surface area is 201 Å². The van der Waals surface area contributed by atoms with Gasteiger partial charge in [-0.3, -0.25) is 0 Å². The van der Waals surface area contributed by atoms with Crippen LogP contribution in [0.25, 0.3) is 16.8 Å². The number of nitrogens with zero attached hydrogens (tertiary/aromatic N) is 2. The van der Waals surface area contributed by atoms with Crippen molar-refractivity contribution in [1.29, 1.82) is 0 Å². The first kappa shape index (κ1) is 24.7. The van der Waals surface area contributed by atoms with Crippen molar-refractivity contribution in [3.8, 4) is 11.3 Å². The summed E-state index contributed by atoms with van der Waals surface area (Å²) in [6.45, 7) is 1.70. The van der Waals surface area contributed by atoms with Crippen LogP contribution in [-0.2, 0) is 19.3 Å². The molecule has 1 unspecified atom stereocenters. The Bertz CT molecular complexity index is 1260. The van der Waals surface area contributed by atoms with E-state index in [2.05, 4.69) is 16.2 Å². The van der Waals surface area contributed by atoms with Crippen molar-refractivity contribution in [3.63, 3.8) is 0 Å². The molecule has 1 atom stereocenters. The number of fused-ring (bicyclic) bond motifs is 3. The van der Waals surface area contributed by atoms with Gasteiger partial charge in [0.1, 0.15) is 5.69 Å². The van der Waals surface area contributed by atoms with Crippen molar-refractivity contribution in [2.75, 3.05) is 6.61 Å².